The van der Waals surface area contributed by atoms with Crippen molar-refractivity contribution in [3.8, 4) is 0 Å². The van der Waals surface area contributed by atoms with Crippen molar-refractivity contribution in [1.82, 2.24) is 9.97 Å². The predicted molar refractivity (Wildman–Crippen MR) is 61.9 cm³/mol. The molecule has 16 heavy (non-hydrogen) atoms. The van der Waals surface area contributed by atoms with Gasteiger partial charge in [-0.15, -0.1) is 11.3 Å². The number of aryl methyl sites for hydroxylation is 1. The van der Waals surface area contributed by atoms with Crippen molar-refractivity contribution < 1.29 is 4.79 Å². The zero-order chi connectivity index (χ0) is 11.5. The van der Waals surface area contributed by atoms with Crippen molar-refractivity contribution in [2.75, 3.05) is 5.32 Å². The molecule has 0 radical (unpaired) electrons. The topological polar surface area (TPSA) is 74.8 Å². The Morgan fingerprint density at radius 1 is 1.50 bits per heavy atom. The van der Waals surface area contributed by atoms with E-state index in [0.29, 0.717) is 16.4 Å². The van der Waals surface area contributed by atoms with Gasteiger partial charge in [0.05, 0.1) is 0 Å². The molecule has 2 heterocycles. The first-order valence-electron chi connectivity index (χ1n) is 4.57. The van der Waals surface area contributed by atoms with Crippen LogP contribution < -0.4 is 10.9 Å². The first kappa shape index (κ1) is 10.6. The minimum absolute atomic E-state index is 0.288. The normalized spacial score (nSPS) is 10.1. The number of hydrogen-bond acceptors (Lipinski definition) is 4. The Bertz CT molecular complexity index is 560. The highest BCUT2D eigenvalue weighted by molar-refractivity contribution is 7.13. The second-order valence-electron chi connectivity index (χ2n) is 3.21. The van der Waals surface area contributed by atoms with Gasteiger partial charge in [0.15, 0.2) is 5.13 Å². The van der Waals surface area contributed by atoms with Gasteiger partial charge in [-0.2, -0.15) is 0 Å². The Balaban J connectivity index is 2.24. The summed E-state index contributed by atoms with van der Waals surface area (Å²) in [5, 5.41) is 4.89. The van der Waals surface area contributed by atoms with Crippen LogP contribution >= 0.6 is 11.3 Å². The molecular formula is C10H9N3O2S. The molecule has 2 aromatic heterocycles. The van der Waals surface area contributed by atoms with Gasteiger partial charge in [-0.1, -0.05) is 0 Å². The summed E-state index contributed by atoms with van der Waals surface area (Å²) in [6.07, 6.45) is 1.60. The Hall–Kier alpha value is -1.95. The molecule has 0 bridgehead atoms. The summed E-state index contributed by atoms with van der Waals surface area (Å²) in [4.78, 5) is 29.4. The van der Waals surface area contributed by atoms with Crippen molar-refractivity contribution in [2.24, 2.45) is 0 Å². The quantitative estimate of drug-likeness (QED) is 0.826. The molecule has 0 aromatic carbocycles. The van der Waals surface area contributed by atoms with E-state index >= 15 is 0 Å². The van der Waals surface area contributed by atoms with Gasteiger partial charge >= 0.3 is 0 Å². The zero-order valence-corrected chi connectivity index (χ0v) is 9.30. The fourth-order valence-electron chi connectivity index (χ4n) is 1.27. The number of hydrogen-bond donors (Lipinski definition) is 2. The Morgan fingerprint density at radius 2 is 2.31 bits per heavy atom. The number of nitrogens with one attached hydrogen (secondary N) is 2. The number of aromatic amines is 1. The van der Waals surface area contributed by atoms with E-state index in [9.17, 15) is 9.59 Å². The second-order valence-corrected chi connectivity index (χ2v) is 4.10. The van der Waals surface area contributed by atoms with Crippen LogP contribution in [-0.4, -0.2) is 15.9 Å². The van der Waals surface area contributed by atoms with Gasteiger partial charge < -0.3 is 4.98 Å². The molecule has 0 spiro atoms. The molecule has 6 heteroatoms. The van der Waals surface area contributed by atoms with Crippen LogP contribution in [0.25, 0.3) is 0 Å². The Morgan fingerprint density at radius 3 is 2.94 bits per heavy atom. The van der Waals surface area contributed by atoms with Crippen LogP contribution in [0.3, 0.4) is 0 Å². The van der Waals surface area contributed by atoms with Crippen molar-refractivity contribution in [3.63, 3.8) is 0 Å². The van der Waals surface area contributed by atoms with Crippen LogP contribution in [0.1, 0.15) is 16.1 Å². The number of carbonyl (C=O) groups excluding carboxylic acids is 1. The number of amides is 1. The van der Waals surface area contributed by atoms with E-state index < -0.39 is 0 Å². The van der Waals surface area contributed by atoms with E-state index in [0.717, 1.165) is 0 Å². The molecule has 0 fully saturated rings. The molecule has 5 nitrogen and oxygen atoms in total. The van der Waals surface area contributed by atoms with Gasteiger partial charge in [0.25, 0.3) is 5.91 Å². The molecule has 0 saturated carbocycles. The fourth-order valence-corrected chi connectivity index (χ4v) is 1.79. The van der Waals surface area contributed by atoms with Crippen molar-refractivity contribution in [2.45, 2.75) is 6.92 Å². The largest absolute Gasteiger partial charge is 0.326 e. The van der Waals surface area contributed by atoms with Crippen LogP contribution in [0.5, 0.6) is 0 Å². The summed E-state index contributed by atoms with van der Waals surface area (Å²) in [6, 6.07) is 2.88. The average Bonchev–Trinajstić information content (AvgIpc) is 2.68. The summed E-state index contributed by atoms with van der Waals surface area (Å²) in [6.45, 7) is 1.72. The lowest BCUT2D eigenvalue weighted by atomic mass is 10.2. The van der Waals surface area contributed by atoms with E-state index in [1.165, 1.54) is 17.4 Å². The smallest absolute Gasteiger partial charge is 0.257 e. The van der Waals surface area contributed by atoms with Crippen molar-refractivity contribution in [1.29, 1.82) is 0 Å². The number of thiazole rings is 1. The number of anilines is 1. The molecule has 0 aliphatic carbocycles. The first-order chi connectivity index (χ1) is 7.65. The lowest BCUT2D eigenvalue weighted by Gasteiger charge is -2.01. The third-order valence-electron chi connectivity index (χ3n) is 1.89. The first-order valence-corrected chi connectivity index (χ1v) is 5.45. The summed E-state index contributed by atoms with van der Waals surface area (Å²) in [5.41, 5.74) is 0.692. The van der Waals surface area contributed by atoms with Gasteiger partial charge in [-0.3, -0.25) is 14.9 Å². The molecule has 2 N–H and O–H groups in total. The maximum Gasteiger partial charge on any atom is 0.257 e. The third-order valence-corrected chi connectivity index (χ3v) is 2.58. The molecule has 0 unspecified atom stereocenters. The van der Waals surface area contributed by atoms with Crippen LogP contribution in [0.2, 0.25) is 0 Å². The molecule has 0 saturated heterocycles. The van der Waals surface area contributed by atoms with Gasteiger partial charge in [0, 0.05) is 28.9 Å². The van der Waals surface area contributed by atoms with Gasteiger partial charge in [-0.25, -0.2) is 4.98 Å². The van der Waals surface area contributed by atoms with E-state index in [2.05, 4.69) is 15.3 Å². The lowest BCUT2D eigenvalue weighted by molar-refractivity contribution is 0.102. The molecule has 0 aliphatic heterocycles. The molecule has 0 aliphatic rings. The van der Waals surface area contributed by atoms with Gasteiger partial charge in [0.1, 0.15) is 0 Å². The predicted octanol–water partition coefficient (Wildman–Crippen LogP) is 1.39. The van der Waals surface area contributed by atoms with E-state index in [4.69, 9.17) is 0 Å². The SMILES string of the molecule is Cc1cc(C(=O)Nc2nccs2)cc(=O)[nH]1. The monoisotopic (exact) mass is 235 g/mol. The number of nitrogens with zero attached hydrogens (tertiary/aromatic N) is 1. The second kappa shape index (κ2) is 4.28. The van der Waals surface area contributed by atoms with Crippen LogP contribution in [0, 0.1) is 6.92 Å². The standard InChI is InChI=1S/C10H9N3O2S/c1-6-4-7(5-8(14)12-6)9(15)13-10-11-2-3-16-10/h2-5H,1H3,(H,12,14)(H,11,13,15). The maximum absolute atomic E-state index is 11.7. The minimum atomic E-state index is -0.329. The highest BCUT2D eigenvalue weighted by Gasteiger charge is 2.08. The van der Waals surface area contributed by atoms with Crippen molar-refractivity contribution >= 4 is 22.4 Å². The highest BCUT2D eigenvalue weighted by atomic mass is 32.1. The molecule has 1 amide bonds. The van der Waals surface area contributed by atoms with Crippen LogP contribution in [0.4, 0.5) is 5.13 Å². The van der Waals surface area contributed by atoms with Gasteiger partial charge in [-0.05, 0) is 13.0 Å². The zero-order valence-electron chi connectivity index (χ0n) is 8.48. The summed E-state index contributed by atoms with van der Waals surface area (Å²) < 4.78 is 0. The molecule has 0 atom stereocenters. The summed E-state index contributed by atoms with van der Waals surface area (Å²) in [7, 11) is 0. The fraction of sp³-hybridized carbons (Fsp3) is 0.100. The summed E-state index contributed by atoms with van der Waals surface area (Å²) in [5.74, 6) is -0.329. The van der Waals surface area contributed by atoms with E-state index in [1.807, 2.05) is 0 Å². The third kappa shape index (κ3) is 2.34. The highest BCUT2D eigenvalue weighted by Crippen LogP contribution is 2.11. The molecule has 82 valence electrons. The number of rotatable bonds is 2. The molecule has 2 rings (SSSR count). The van der Waals surface area contributed by atoms with Crippen LogP contribution in [-0.2, 0) is 0 Å². The minimum Gasteiger partial charge on any atom is -0.326 e. The molecular weight excluding hydrogens is 226 g/mol. The van der Waals surface area contributed by atoms with E-state index in [1.54, 1.807) is 24.6 Å². The number of pyridine rings is 1. The number of carbonyl (C=O) groups is 1. The lowest BCUT2D eigenvalue weighted by Crippen LogP contribution is -2.16. The number of H-pyrrole nitrogens is 1. The van der Waals surface area contributed by atoms with E-state index in [-0.39, 0.29) is 11.5 Å². The Kier molecular flexibility index (Phi) is 2.82. The average molecular weight is 235 g/mol. The maximum atomic E-state index is 11.7. The number of aromatic nitrogens is 2. The molecule has 2 aromatic rings. The van der Waals surface area contributed by atoms with Crippen LogP contribution in [0.15, 0.2) is 28.5 Å². The van der Waals surface area contributed by atoms with Gasteiger partial charge in [0.2, 0.25) is 5.56 Å². The Labute approximate surface area is 95.2 Å². The van der Waals surface area contributed by atoms with Crippen molar-refractivity contribution in [3.05, 3.63) is 45.3 Å². The summed E-state index contributed by atoms with van der Waals surface area (Å²) >= 11 is 1.33.